The van der Waals surface area contributed by atoms with Gasteiger partial charge < -0.3 is 33.5 Å². The molecular weight excluding hydrogens is 340 g/mol. The van der Waals surface area contributed by atoms with Gasteiger partial charge in [0.15, 0.2) is 0 Å². The van der Waals surface area contributed by atoms with Gasteiger partial charge in [0.05, 0.1) is 18.1 Å². The standard InChI is InChI=1S/C19H26O7/c1-2-13(8-21)5-14(9-22)6-15(10-23)7-16(11-24)17(12-25)19-18(26-19)3-4-20/h4,8-19H,2-3,5-7H2,1H3. The maximum absolute atomic E-state index is 11.5. The number of rotatable bonds is 16. The van der Waals surface area contributed by atoms with Gasteiger partial charge in [-0.2, -0.15) is 0 Å². The van der Waals surface area contributed by atoms with E-state index in [2.05, 4.69) is 0 Å². The minimum absolute atomic E-state index is 0.131. The largest absolute Gasteiger partial charge is 0.368 e. The van der Waals surface area contributed by atoms with Gasteiger partial charge in [0.1, 0.15) is 37.7 Å². The molecule has 1 aliphatic rings. The van der Waals surface area contributed by atoms with Crippen LogP contribution in [-0.4, -0.2) is 49.9 Å². The minimum atomic E-state index is -0.718. The Morgan fingerprint density at radius 1 is 0.769 bits per heavy atom. The molecule has 0 aromatic rings. The van der Waals surface area contributed by atoms with Gasteiger partial charge in [-0.3, -0.25) is 0 Å². The molecule has 1 heterocycles. The number of carbonyl (C=O) groups excluding carboxylic acids is 6. The van der Waals surface area contributed by atoms with Gasteiger partial charge in [0.2, 0.25) is 0 Å². The Kier molecular flexibility index (Phi) is 9.80. The van der Waals surface area contributed by atoms with Gasteiger partial charge in [-0.15, -0.1) is 0 Å². The third-order valence-corrected chi connectivity index (χ3v) is 5.04. The molecule has 7 heteroatoms. The van der Waals surface area contributed by atoms with Crippen molar-refractivity contribution in [1.29, 1.82) is 0 Å². The number of epoxide rings is 1. The van der Waals surface area contributed by atoms with Crippen LogP contribution in [0.25, 0.3) is 0 Å². The molecule has 1 aliphatic heterocycles. The molecule has 0 aliphatic carbocycles. The van der Waals surface area contributed by atoms with Crippen LogP contribution in [0.1, 0.15) is 39.0 Å². The number of ether oxygens (including phenoxy) is 1. The van der Waals surface area contributed by atoms with Crippen LogP contribution >= 0.6 is 0 Å². The molecule has 0 spiro atoms. The molecule has 0 bridgehead atoms. The zero-order valence-corrected chi connectivity index (χ0v) is 14.9. The first-order valence-electron chi connectivity index (χ1n) is 8.93. The van der Waals surface area contributed by atoms with E-state index >= 15 is 0 Å². The van der Waals surface area contributed by atoms with E-state index in [1.165, 1.54) is 0 Å². The van der Waals surface area contributed by atoms with Crippen LogP contribution in [0.15, 0.2) is 0 Å². The maximum Gasteiger partial charge on any atom is 0.126 e. The second kappa shape index (κ2) is 11.6. The topological polar surface area (TPSA) is 115 Å². The van der Waals surface area contributed by atoms with E-state index in [1.807, 2.05) is 6.92 Å². The van der Waals surface area contributed by atoms with E-state index < -0.39 is 29.8 Å². The Morgan fingerprint density at radius 3 is 1.81 bits per heavy atom. The molecular formula is C19H26O7. The van der Waals surface area contributed by atoms with Crippen LogP contribution in [0.3, 0.4) is 0 Å². The molecule has 144 valence electrons. The van der Waals surface area contributed by atoms with Crippen LogP contribution in [0.5, 0.6) is 0 Å². The van der Waals surface area contributed by atoms with Crippen molar-refractivity contribution in [2.75, 3.05) is 0 Å². The van der Waals surface area contributed by atoms with Crippen LogP contribution in [0.2, 0.25) is 0 Å². The summed E-state index contributed by atoms with van der Waals surface area (Å²) in [6.07, 6.45) is 4.85. The van der Waals surface area contributed by atoms with Crippen molar-refractivity contribution in [3.05, 3.63) is 0 Å². The van der Waals surface area contributed by atoms with Crippen LogP contribution in [0.4, 0.5) is 0 Å². The van der Waals surface area contributed by atoms with Crippen molar-refractivity contribution in [3.8, 4) is 0 Å². The second-order valence-corrected chi connectivity index (χ2v) is 6.86. The van der Waals surface area contributed by atoms with Crippen LogP contribution in [0, 0.1) is 29.6 Å². The van der Waals surface area contributed by atoms with Crippen molar-refractivity contribution >= 4 is 37.7 Å². The molecule has 7 nitrogen and oxygen atoms in total. The summed E-state index contributed by atoms with van der Waals surface area (Å²) in [5.41, 5.74) is 0. The summed E-state index contributed by atoms with van der Waals surface area (Å²) in [6, 6.07) is 0. The van der Waals surface area contributed by atoms with Crippen molar-refractivity contribution in [2.24, 2.45) is 29.6 Å². The zero-order chi connectivity index (χ0) is 19.5. The van der Waals surface area contributed by atoms with E-state index in [1.54, 1.807) is 0 Å². The highest BCUT2D eigenvalue weighted by Crippen LogP contribution is 2.36. The normalized spacial score (nSPS) is 24.3. The smallest absolute Gasteiger partial charge is 0.126 e. The van der Waals surface area contributed by atoms with Crippen LogP contribution < -0.4 is 0 Å². The summed E-state index contributed by atoms with van der Waals surface area (Å²) in [4.78, 5) is 67.1. The third-order valence-electron chi connectivity index (χ3n) is 5.04. The van der Waals surface area contributed by atoms with Gasteiger partial charge in [-0.1, -0.05) is 6.92 Å². The van der Waals surface area contributed by atoms with E-state index in [9.17, 15) is 28.8 Å². The second-order valence-electron chi connectivity index (χ2n) is 6.86. The molecule has 0 N–H and O–H groups in total. The molecule has 0 amide bonds. The van der Waals surface area contributed by atoms with E-state index in [4.69, 9.17) is 4.74 Å². The lowest BCUT2D eigenvalue weighted by molar-refractivity contribution is -0.122. The summed E-state index contributed by atoms with van der Waals surface area (Å²) in [5, 5.41) is 0. The number of hydrogen-bond acceptors (Lipinski definition) is 7. The Balaban J connectivity index is 2.69. The zero-order valence-electron chi connectivity index (χ0n) is 14.9. The molecule has 0 saturated carbocycles. The predicted octanol–water partition coefficient (Wildman–Crippen LogP) is 0.999. The third kappa shape index (κ3) is 6.37. The minimum Gasteiger partial charge on any atom is -0.368 e. The fourth-order valence-electron chi connectivity index (χ4n) is 3.37. The van der Waals surface area contributed by atoms with Gasteiger partial charge in [-0.05, 0) is 25.7 Å². The van der Waals surface area contributed by atoms with Gasteiger partial charge in [0, 0.05) is 30.1 Å². The number of hydrogen-bond donors (Lipinski definition) is 0. The van der Waals surface area contributed by atoms with Crippen molar-refractivity contribution < 1.29 is 33.5 Å². The fourth-order valence-corrected chi connectivity index (χ4v) is 3.37. The summed E-state index contributed by atoms with van der Waals surface area (Å²) in [6.45, 7) is 1.85. The molecule has 26 heavy (non-hydrogen) atoms. The Labute approximate surface area is 152 Å². The first-order chi connectivity index (χ1) is 12.6. The molecule has 0 aromatic carbocycles. The first-order valence-corrected chi connectivity index (χ1v) is 8.93. The highest BCUT2D eigenvalue weighted by Gasteiger charge is 2.47. The lowest BCUT2D eigenvalue weighted by Crippen LogP contribution is -2.28. The van der Waals surface area contributed by atoms with Crippen molar-refractivity contribution in [1.82, 2.24) is 0 Å². The highest BCUT2D eigenvalue weighted by molar-refractivity contribution is 5.68. The Morgan fingerprint density at radius 2 is 1.35 bits per heavy atom. The van der Waals surface area contributed by atoms with Crippen molar-refractivity contribution in [3.63, 3.8) is 0 Å². The molecule has 7 atom stereocenters. The number of carbonyl (C=O) groups is 6. The van der Waals surface area contributed by atoms with E-state index in [0.29, 0.717) is 38.0 Å². The van der Waals surface area contributed by atoms with Gasteiger partial charge in [0.25, 0.3) is 0 Å². The summed E-state index contributed by atoms with van der Waals surface area (Å²) >= 11 is 0. The molecule has 1 saturated heterocycles. The summed E-state index contributed by atoms with van der Waals surface area (Å²) < 4.78 is 5.29. The predicted molar refractivity (Wildman–Crippen MR) is 91.3 cm³/mol. The van der Waals surface area contributed by atoms with Crippen molar-refractivity contribution in [2.45, 2.75) is 51.2 Å². The average Bonchev–Trinajstić information content (AvgIpc) is 3.42. The van der Waals surface area contributed by atoms with Gasteiger partial charge in [-0.25, -0.2) is 0 Å². The SMILES string of the molecule is CCC(C=O)CC(C=O)CC(C=O)CC(C=O)C(C=O)C1OC1CC=O. The lowest BCUT2D eigenvalue weighted by atomic mass is 9.79. The fraction of sp³-hybridized carbons (Fsp3) is 0.684. The van der Waals surface area contributed by atoms with E-state index in [0.717, 1.165) is 12.6 Å². The maximum atomic E-state index is 11.5. The summed E-state index contributed by atoms with van der Waals surface area (Å²) in [7, 11) is 0. The molecule has 1 rings (SSSR count). The Hall–Kier alpha value is -2.02. The van der Waals surface area contributed by atoms with Crippen LogP contribution in [-0.2, 0) is 33.5 Å². The highest BCUT2D eigenvalue weighted by atomic mass is 16.6. The lowest BCUT2D eigenvalue weighted by Gasteiger charge is -2.22. The summed E-state index contributed by atoms with van der Waals surface area (Å²) in [5.74, 6) is -2.71. The molecule has 1 fully saturated rings. The molecule has 0 radical (unpaired) electrons. The molecule has 7 unspecified atom stereocenters. The molecule has 0 aromatic heterocycles. The quantitative estimate of drug-likeness (QED) is 0.295. The first kappa shape index (κ1) is 22.0. The monoisotopic (exact) mass is 366 g/mol. The van der Waals surface area contributed by atoms with E-state index in [-0.39, 0.29) is 31.3 Å². The average molecular weight is 366 g/mol. The Bertz CT molecular complexity index is 504. The van der Waals surface area contributed by atoms with Gasteiger partial charge >= 0.3 is 0 Å². The number of aldehydes is 6.